The average Bonchev–Trinajstić information content (AvgIpc) is 2.57. The van der Waals surface area contributed by atoms with Gasteiger partial charge in [0.15, 0.2) is 0 Å². The number of benzene rings is 1. The Hall–Kier alpha value is -2.56. The molecule has 1 aromatic heterocycles. The Morgan fingerprint density at radius 2 is 1.95 bits per heavy atom. The number of hydrogen-bond acceptors (Lipinski definition) is 4. The Morgan fingerprint density at radius 3 is 2.64 bits per heavy atom. The van der Waals surface area contributed by atoms with Crippen LogP contribution in [0, 0.1) is 6.92 Å². The van der Waals surface area contributed by atoms with Crippen molar-refractivity contribution >= 4 is 17.3 Å². The molecule has 1 fully saturated rings. The quantitative estimate of drug-likeness (QED) is 0.860. The van der Waals surface area contributed by atoms with E-state index in [9.17, 15) is 4.79 Å². The molecule has 2 aromatic rings. The smallest absolute Gasteiger partial charge is 0.255 e. The maximum absolute atomic E-state index is 12.4. The van der Waals surface area contributed by atoms with Gasteiger partial charge in [-0.05, 0) is 36.8 Å². The first-order chi connectivity index (χ1) is 10.6. The summed E-state index contributed by atoms with van der Waals surface area (Å²) >= 11 is 0. The fraction of sp³-hybridized carbons (Fsp3) is 0.294. The van der Waals surface area contributed by atoms with Crippen LogP contribution in [-0.2, 0) is 0 Å². The summed E-state index contributed by atoms with van der Waals surface area (Å²) in [5.74, 6) is 0.0528. The van der Waals surface area contributed by atoms with E-state index < -0.39 is 0 Å². The van der Waals surface area contributed by atoms with Crippen LogP contribution in [0.2, 0.25) is 0 Å². The molecule has 1 saturated heterocycles. The summed E-state index contributed by atoms with van der Waals surface area (Å²) in [7, 11) is 0. The molecule has 1 aliphatic heterocycles. The molecule has 22 heavy (non-hydrogen) atoms. The Morgan fingerprint density at radius 1 is 1.18 bits per heavy atom. The lowest BCUT2D eigenvalue weighted by Gasteiger charge is -2.37. The largest absolute Gasteiger partial charge is 0.399 e. The van der Waals surface area contributed by atoms with Crippen LogP contribution in [-0.4, -0.2) is 42.0 Å². The third kappa shape index (κ3) is 2.88. The number of piperazine rings is 1. The van der Waals surface area contributed by atoms with Gasteiger partial charge in [0.2, 0.25) is 0 Å². The van der Waals surface area contributed by atoms with Crippen LogP contribution >= 0.6 is 0 Å². The molecule has 0 saturated carbocycles. The van der Waals surface area contributed by atoms with Crippen molar-refractivity contribution in [3.05, 3.63) is 53.9 Å². The fourth-order valence-corrected chi connectivity index (χ4v) is 2.79. The van der Waals surface area contributed by atoms with Crippen LogP contribution in [0.4, 0.5) is 11.4 Å². The van der Waals surface area contributed by atoms with Crippen molar-refractivity contribution in [2.24, 2.45) is 0 Å². The second-order valence-corrected chi connectivity index (χ2v) is 5.57. The second kappa shape index (κ2) is 6.05. The van der Waals surface area contributed by atoms with E-state index in [2.05, 4.69) is 16.8 Å². The van der Waals surface area contributed by atoms with Crippen LogP contribution in [0.15, 0.2) is 42.7 Å². The van der Waals surface area contributed by atoms with Gasteiger partial charge in [-0.25, -0.2) is 0 Å². The van der Waals surface area contributed by atoms with Crippen LogP contribution < -0.4 is 10.6 Å². The summed E-state index contributed by atoms with van der Waals surface area (Å²) in [4.78, 5) is 20.6. The second-order valence-electron chi connectivity index (χ2n) is 5.57. The zero-order valence-electron chi connectivity index (χ0n) is 12.7. The number of nitrogens with two attached hydrogens (primary N) is 1. The first-order valence-corrected chi connectivity index (χ1v) is 7.45. The van der Waals surface area contributed by atoms with Crippen LogP contribution in [0.1, 0.15) is 15.9 Å². The molecule has 0 aliphatic carbocycles. The van der Waals surface area contributed by atoms with Gasteiger partial charge in [-0.2, -0.15) is 0 Å². The van der Waals surface area contributed by atoms with Crippen molar-refractivity contribution in [2.75, 3.05) is 36.8 Å². The fourth-order valence-electron chi connectivity index (χ4n) is 2.79. The van der Waals surface area contributed by atoms with Gasteiger partial charge in [-0.15, -0.1) is 0 Å². The van der Waals surface area contributed by atoms with Crippen molar-refractivity contribution in [1.29, 1.82) is 0 Å². The number of amides is 1. The number of nitrogen functional groups attached to an aromatic ring is 1. The summed E-state index contributed by atoms with van der Waals surface area (Å²) in [6.45, 7) is 5.14. The van der Waals surface area contributed by atoms with E-state index in [1.54, 1.807) is 18.5 Å². The summed E-state index contributed by atoms with van der Waals surface area (Å²) in [6.07, 6.45) is 3.30. The Labute approximate surface area is 130 Å². The zero-order valence-corrected chi connectivity index (χ0v) is 12.7. The molecule has 1 amide bonds. The predicted molar refractivity (Wildman–Crippen MR) is 87.9 cm³/mol. The highest BCUT2D eigenvalue weighted by Gasteiger charge is 2.23. The molecule has 0 radical (unpaired) electrons. The number of aryl methyl sites for hydroxylation is 1. The summed E-state index contributed by atoms with van der Waals surface area (Å²) in [5.41, 5.74) is 9.68. The summed E-state index contributed by atoms with van der Waals surface area (Å²) < 4.78 is 0. The molecule has 5 heteroatoms. The zero-order chi connectivity index (χ0) is 15.5. The van der Waals surface area contributed by atoms with Gasteiger partial charge in [0.05, 0.1) is 5.56 Å². The van der Waals surface area contributed by atoms with Crippen molar-refractivity contribution in [3.63, 3.8) is 0 Å². The Balaban J connectivity index is 1.68. The minimum Gasteiger partial charge on any atom is -0.399 e. The molecular formula is C17H20N4O. The van der Waals surface area contributed by atoms with E-state index in [-0.39, 0.29) is 5.91 Å². The van der Waals surface area contributed by atoms with E-state index in [0.717, 1.165) is 24.5 Å². The van der Waals surface area contributed by atoms with Gasteiger partial charge < -0.3 is 15.5 Å². The van der Waals surface area contributed by atoms with Crippen molar-refractivity contribution in [1.82, 2.24) is 9.88 Å². The SMILES string of the molecule is Cc1ccc(N)cc1N1CCN(C(=O)c2cccnc2)CC1. The third-order valence-electron chi connectivity index (χ3n) is 4.05. The maximum atomic E-state index is 12.4. The molecule has 114 valence electrons. The number of pyridine rings is 1. The molecule has 2 N–H and O–H groups in total. The average molecular weight is 296 g/mol. The molecule has 2 heterocycles. The number of carbonyl (C=O) groups is 1. The molecule has 1 aliphatic rings. The number of hydrogen-bond donors (Lipinski definition) is 1. The van der Waals surface area contributed by atoms with Crippen molar-refractivity contribution in [3.8, 4) is 0 Å². The van der Waals surface area contributed by atoms with Gasteiger partial charge in [0.1, 0.15) is 0 Å². The summed E-state index contributed by atoms with van der Waals surface area (Å²) in [5, 5.41) is 0. The number of nitrogens with zero attached hydrogens (tertiary/aromatic N) is 3. The maximum Gasteiger partial charge on any atom is 0.255 e. The molecule has 0 atom stereocenters. The van der Waals surface area contributed by atoms with Gasteiger partial charge in [-0.3, -0.25) is 9.78 Å². The lowest BCUT2D eigenvalue weighted by atomic mass is 10.1. The van der Waals surface area contributed by atoms with Gasteiger partial charge in [-0.1, -0.05) is 6.07 Å². The number of rotatable bonds is 2. The van der Waals surface area contributed by atoms with Gasteiger partial charge in [0.25, 0.3) is 5.91 Å². The molecule has 1 aromatic carbocycles. The molecule has 5 nitrogen and oxygen atoms in total. The predicted octanol–water partition coefficient (Wildman–Crippen LogP) is 1.93. The first-order valence-electron chi connectivity index (χ1n) is 7.45. The van der Waals surface area contributed by atoms with Crippen LogP contribution in [0.5, 0.6) is 0 Å². The lowest BCUT2D eigenvalue weighted by Crippen LogP contribution is -2.49. The topological polar surface area (TPSA) is 62.5 Å². The highest BCUT2D eigenvalue weighted by atomic mass is 16.2. The highest BCUT2D eigenvalue weighted by Crippen LogP contribution is 2.24. The van der Waals surface area contributed by atoms with Crippen LogP contribution in [0.3, 0.4) is 0 Å². The normalized spacial score (nSPS) is 15.0. The standard InChI is InChI=1S/C17H20N4O/c1-13-4-5-15(18)11-16(13)20-7-9-21(10-8-20)17(22)14-3-2-6-19-12-14/h2-6,11-12H,7-10,18H2,1H3. The molecule has 3 rings (SSSR count). The Kier molecular flexibility index (Phi) is 3.96. The molecule has 0 unspecified atom stereocenters. The van der Waals surface area contributed by atoms with Crippen molar-refractivity contribution in [2.45, 2.75) is 6.92 Å². The summed E-state index contributed by atoms with van der Waals surface area (Å²) in [6, 6.07) is 9.57. The van der Waals surface area contributed by atoms with E-state index in [0.29, 0.717) is 18.7 Å². The molecule has 0 bridgehead atoms. The molecular weight excluding hydrogens is 276 g/mol. The minimum absolute atomic E-state index is 0.0528. The van der Waals surface area contributed by atoms with Gasteiger partial charge >= 0.3 is 0 Å². The Bertz CT molecular complexity index is 664. The van der Waals surface area contributed by atoms with Gasteiger partial charge in [0, 0.05) is 49.9 Å². The van der Waals surface area contributed by atoms with E-state index >= 15 is 0 Å². The monoisotopic (exact) mass is 296 g/mol. The lowest BCUT2D eigenvalue weighted by molar-refractivity contribution is 0.0746. The third-order valence-corrected chi connectivity index (χ3v) is 4.05. The van der Waals surface area contributed by atoms with E-state index in [4.69, 9.17) is 5.73 Å². The highest BCUT2D eigenvalue weighted by molar-refractivity contribution is 5.94. The first kappa shape index (κ1) is 14.4. The van der Waals surface area contributed by atoms with Crippen molar-refractivity contribution < 1.29 is 4.79 Å². The molecule has 0 spiro atoms. The van der Waals surface area contributed by atoms with E-state index in [1.165, 1.54) is 5.56 Å². The minimum atomic E-state index is 0.0528. The van der Waals surface area contributed by atoms with Crippen LogP contribution in [0.25, 0.3) is 0 Å². The number of anilines is 2. The van der Waals surface area contributed by atoms with E-state index in [1.807, 2.05) is 29.2 Å². The number of carbonyl (C=O) groups excluding carboxylic acids is 1. The number of aromatic nitrogens is 1.